The number of allylic oxidation sites excluding steroid dienone is 1. The Morgan fingerprint density at radius 3 is 2.05 bits per heavy atom. The number of nitrogens with zero attached hydrogens (tertiary/aromatic N) is 2. The maximum Gasteiger partial charge on any atom is 0.331 e. The van der Waals surface area contributed by atoms with Crippen molar-refractivity contribution in [2.24, 2.45) is 0 Å². The first-order chi connectivity index (χ1) is 17.7. The topological polar surface area (TPSA) is 111 Å². The molecular weight excluding hydrogens is 492 g/mol. The highest BCUT2D eigenvalue weighted by atomic mass is 32.2. The molecule has 0 aliphatic carbocycles. The molecular formula is C28H24N2O6S. The number of benzene rings is 2. The number of carbonyl (C=O) groups excluding carboxylic acids is 3. The smallest absolute Gasteiger partial charge is 0.331 e. The van der Waals surface area contributed by atoms with Crippen LogP contribution >= 0.6 is 0 Å². The van der Waals surface area contributed by atoms with Crippen LogP contribution < -0.4 is 0 Å². The van der Waals surface area contributed by atoms with E-state index >= 15 is 0 Å². The van der Waals surface area contributed by atoms with E-state index in [-0.39, 0.29) is 16.8 Å². The van der Waals surface area contributed by atoms with Crippen LogP contribution in [-0.4, -0.2) is 52.6 Å². The second kappa shape index (κ2) is 9.08. The van der Waals surface area contributed by atoms with Gasteiger partial charge in [0, 0.05) is 6.20 Å². The first kappa shape index (κ1) is 24.6. The SMILES string of the molecule is CC1(C)[C@H](C(=O)OC(c2ccccc2)c2ccccc2)N2C(=O)/C(=C(\C=O)c3ccccn3)[C@H]2S1(=O)=O. The number of sulfone groups is 1. The average molecular weight is 517 g/mol. The second-order valence-corrected chi connectivity index (χ2v) is 12.0. The summed E-state index contributed by atoms with van der Waals surface area (Å²) < 4.78 is 31.6. The van der Waals surface area contributed by atoms with Crippen molar-refractivity contribution in [2.45, 2.75) is 36.1 Å². The van der Waals surface area contributed by atoms with Gasteiger partial charge in [0.2, 0.25) is 0 Å². The molecule has 0 bridgehead atoms. The molecule has 2 fully saturated rings. The van der Waals surface area contributed by atoms with Gasteiger partial charge in [-0.25, -0.2) is 13.2 Å². The number of ether oxygens (including phenoxy) is 1. The van der Waals surface area contributed by atoms with Gasteiger partial charge in [0.25, 0.3) is 5.91 Å². The van der Waals surface area contributed by atoms with E-state index in [0.717, 1.165) is 4.90 Å². The van der Waals surface area contributed by atoms with Gasteiger partial charge in [-0.1, -0.05) is 66.7 Å². The molecule has 2 saturated heterocycles. The lowest BCUT2D eigenvalue weighted by atomic mass is 9.92. The Morgan fingerprint density at radius 1 is 0.973 bits per heavy atom. The fourth-order valence-corrected chi connectivity index (χ4v) is 7.10. The van der Waals surface area contributed by atoms with Crippen molar-refractivity contribution < 1.29 is 27.5 Å². The van der Waals surface area contributed by atoms with Gasteiger partial charge in [-0.15, -0.1) is 0 Å². The molecule has 0 N–H and O–H groups in total. The number of aromatic nitrogens is 1. The summed E-state index contributed by atoms with van der Waals surface area (Å²) in [6.45, 7) is 2.80. The largest absolute Gasteiger partial charge is 0.451 e. The third kappa shape index (κ3) is 3.77. The highest BCUT2D eigenvalue weighted by Gasteiger charge is 2.71. The van der Waals surface area contributed by atoms with Gasteiger partial charge in [-0.05, 0) is 37.1 Å². The van der Waals surface area contributed by atoms with E-state index in [1.54, 1.807) is 12.1 Å². The quantitative estimate of drug-likeness (QED) is 0.214. The number of fused-ring (bicyclic) bond motifs is 1. The van der Waals surface area contributed by atoms with Crippen LogP contribution in [0.25, 0.3) is 5.57 Å². The Balaban J connectivity index is 1.55. The molecule has 0 spiro atoms. The average Bonchev–Trinajstić information content (AvgIpc) is 3.06. The van der Waals surface area contributed by atoms with Crippen LogP contribution in [0.5, 0.6) is 0 Å². The maximum atomic E-state index is 13.7. The Kier molecular flexibility index (Phi) is 6.03. The Bertz CT molecular complexity index is 1460. The summed E-state index contributed by atoms with van der Waals surface area (Å²) >= 11 is 0. The molecule has 9 heteroatoms. The van der Waals surface area contributed by atoms with E-state index in [0.29, 0.717) is 17.4 Å². The zero-order valence-electron chi connectivity index (χ0n) is 20.1. The van der Waals surface area contributed by atoms with Gasteiger partial charge < -0.3 is 9.64 Å². The third-order valence-electron chi connectivity index (χ3n) is 6.94. The number of hydrogen-bond donors (Lipinski definition) is 0. The van der Waals surface area contributed by atoms with E-state index in [1.165, 1.54) is 26.1 Å². The van der Waals surface area contributed by atoms with Crippen molar-refractivity contribution in [1.82, 2.24) is 9.88 Å². The van der Waals surface area contributed by atoms with Crippen molar-refractivity contribution >= 4 is 33.6 Å². The van der Waals surface area contributed by atoms with Crippen molar-refractivity contribution in [3.8, 4) is 0 Å². The number of esters is 1. The standard InChI is InChI=1S/C28H24N2O6S/c1-28(2)24(27(33)36-23(18-11-5-3-6-12-18)19-13-7-4-8-14-19)30-25(32)22(26(30)37(28,34)35)20(17-31)21-15-9-10-16-29-21/h3-17,23-24,26H,1-2H3/b22-20-/t24-,26+/m0/s1. The molecule has 5 rings (SSSR count). The molecule has 2 aliphatic rings. The summed E-state index contributed by atoms with van der Waals surface area (Å²) in [5, 5.41) is -1.44. The number of hydrogen-bond acceptors (Lipinski definition) is 7. The number of aldehydes is 1. The van der Waals surface area contributed by atoms with Gasteiger partial charge in [0.1, 0.15) is 4.75 Å². The van der Waals surface area contributed by atoms with Gasteiger partial charge in [-0.3, -0.25) is 14.6 Å². The van der Waals surface area contributed by atoms with Gasteiger partial charge in [0.15, 0.2) is 33.6 Å². The zero-order valence-corrected chi connectivity index (χ0v) is 21.0. The summed E-state index contributed by atoms with van der Waals surface area (Å²) in [5.41, 5.74) is 1.30. The molecule has 3 aromatic rings. The van der Waals surface area contributed by atoms with E-state index in [9.17, 15) is 22.8 Å². The minimum absolute atomic E-state index is 0.105. The van der Waals surface area contributed by atoms with Crippen LogP contribution in [0.3, 0.4) is 0 Å². The summed E-state index contributed by atoms with van der Waals surface area (Å²) in [7, 11) is -4.11. The highest BCUT2D eigenvalue weighted by molar-refractivity contribution is 7.94. The summed E-state index contributed by atoms with van der Waals surface area (Å²) in [5.74, 6) is -1.54. The molecule has 188 valence electrons. The Hall–Kier alpha value is -4.11. The van der Waals surface area contributed by atoms with Crippen LogP contribution in [0, 0.1) is 0 Å². The predicted octanol–water partition coefficient (Wildman–Crippen LogP) is 3.11. The lowest BCUT2D eigenvalue weighted by Gasteiger charge is -2.39. The Labute approximate surface area is 214 Å². The molecule has 1 aromatic heterocycles. The fourth-order valence-electron chi connectivity index (χ4n) is 4.95. The minimum atomic E-state index is -4.11. The van der Waals surface area contributed by atoms with Crippen molar-refractivity contribution in [2.75, 3.05) is 0 Å². The Morgan fingerprint density at radius 2 is 1.54 bits per heavy atom. The number of pyridine rings is 1. The first-order valence-corrected chi connectivity index (χ1v) is 13.2. The molecule has 37 heavy (non-hydrogen) atoms. The molecule has 8 nitrogen and oxygen atoms in total. The molecule has 2 aliphatic heterocycles. The van der Waals surface area contributed by atoms with Crippen molar-refractivity contribution in [1.29, 1.82) is 0 Å². The van der Waals surface area contributed by atoms with Crippen LogP contribution in [-0.2, 0) is 29.0 Å². The van der Waals surface area contributed by atoms with Gasteiger partial charge >= 0.3 is 5.97 Å². The monoisotopic (exact) mass is 516 g/mol. The lowest BCUT2D eigenvalue weighted by Crippen LogP contribution is -2.59. The minimum Gasteiger partial charge on any atom is -0.451 e. The summed E-state index contributed by atoms with van der Waals surface area (Å²) in [4.78, 5) is 44.1. The van der Waals surface area contributed by atoms with Gasteiger partial charge in [0.05, 0.1) is 16.8 Å². The molecule has 2 atom stereocenters. The molecule has 1 amide bonds. The van der Waals surface area contributed by atoms with Crippen LogP contribution in [0.15, 0.2) is 90.6 Å². The number of rotatable bonds is 6. The van der Waals surface area contributed by atoms with Crippen LogP contribution in [0.2, 0.25) is 0 Å². The number of β-lactam (4-membered cyclic amide) rings is 1. The fraction of sp³-hybridized carbons (Fsp3) is 0.214. The van der Waals surface area contributed by atoms with Crippen molar-refractivity contribution in [3.05, 3.63) is 107 Å². The first-order valence-electron chi connectivity index (χ1n) is 11.7. The molecule has 0 saturated carbocycles. The van der Waals surface area contributed by atoms with Crippen molar-refractivity contribution in [3.63, 3.8) is 0 Å². The van der Waals surface area contributed by atoms with Crippen LogP contribution in [0.1, 0.15) is 36.8 Å². The normalized spacial score (nSPS) is 22.7. The lowest BCUT2D eigenvalue weighted by molar-refractivity contribution is -0.160. The van der Waals surface area contributed by atoms with Gasteiger partial charge in [-0.2, -0.15) is 0 Å². The van der Waals surface area contributed by atoms with E-state index in [1.807, 2.05) is 60.7 Å². The van der Waals surface area contributed by atoms with E-state index in [4.69, 9.17) is 4.74 Å². The highest BCUT2D eigenvalue weighted by Crippen LogP contribution is 2.50. The maximum absolute atomic E-state index is 13.7. The summed E-state index contributed by atoms with van der Waals surface area (Å²) in [6.07, 6.45) is 1.07. The number of carbonyl (C=O) groups is 3. The van der Waals surface area contributed by atoms with E-state index in [2.05, 4.69) is 4.98 Å². The zero-order chi connectivity index (χ0) is 26.4. The molecule has 3 heterocycles. The molecule has 2 aromatic carbocycles. The van der Waals surface area contributed by atoms with Crippen LogP contribution in [0.4, 0.5) is 0 Å². The number of amides is 1. The second-order valence-electron chi connectivity index (χ2n) is 9.41. The predicted molar refractivity (Wildman–Crippen MR) is 135 cm³/mol. The summed E-state index contributed by atoms with van der Waals surface area (Å²) in [6, 6.07) is 21.6. The third-order valence-corrected chi connectivity index (χ3v) is 9.68. The van der Waals surface area contributed by atoms with E-state index < -0.39 is 44.0 Å². The molecule has 0 unspecified atom stereocenters. The molecule has 0 radical (unpaired) electrons.